The largest absolute Gasteiger partial charge is 0.497 e. The summed E-state index contributed by atoms with van der Waals surface area (Å²) in [5, 5.41) is 7.43. The summed E-state index contributed by atoms with van der Waals surface area (Å²) in [6.07, 6.45) is 2.71. The molecule has 0 radical (unpaired) electrons. The van der Waals surface area contributed by atoms with Crippen molar-refractivity contribution in [2.45, 2.75) is 11.8 Å². The molecule has 1 N–H and O–H groups in total. The predicted octanol–water partition coefficient (Wildman–Crippen LogP) is 2.31. The fourth-order valence-corrected chi connectivity index (χ4v) is 3.43. The number of nitrogens with one attached hydrogen (secondary N) is 1. The van der Waals surface area contributed by atoms with Crippen molar-refractivity contribution >= 4 is 21.8 Å². The second kappa shape index (κ2) is 8.49. The molecule has 2 heterocycles. The number of carbonyl (C=O) groups is 1. The maximum absolute atomic E-state index is 12.6. The topological polar surface area (TPSA) is 61.5 Å². The van der Waals surface area contributed by atoms with Gasteiger partial charge in [0.15, 0.2) is 0 Å². The zero-order chi connectivity index (χ0) is 17.6. The van der Waals surface area contributed by atoms with Crippen LogP contribution < -0.4 is 4.74 Å². The van der Waals surface area contributed by atoms with Crippen LogP contribution in [0.1, 0.15) is 21.6 Å². The average molecular weight is 407 g/mol. The number of methoxy groups -OCH3 is 1. The standard InChI is InChI=1S/C18H23BrN4O2/c1-25-16-4-2-14(3-5-16)6-7-22-8-10-23(11-9-22)18(24)17-15(12-19)13-20-21-17/h2-5,13H,6-12H2,1H3,(H,20,21). The van der Waals surface area contributed by atoms with Gasteiger partial charge in [-0.15, -0.1) is 0 Å². The minimum absolute atomic E-state index is 0.0433. The number of H-pyrrole nitrogens is 1. The lowest BCUT2D eigenvalue weighted by atomic mass is 10.1. The van der Waals surface area contributed by atoms with Crippen LogP contribution in [0.2, 0.25) is 0 Å². The van der Waals surface area contributed by atoms with E-state index in [1.165, 1.54) is 5.56 Å². The van der Waals surface area contributed by atoms with Crippen molar-refractivity contribution in [1.29, 1.82) is 0 Å². The number of hydrogen-bond donors (Lipinski definition) is 1. The molecule has 1 amide bonds. The molecule has 0 saturated carbocycles. The van der Waals surface area contributed by atoms with Crippen molar-refractivity contribution in [3.05, 3.63) is 47.3 Å². The van der Waals surface area contributed by atoms with Crippen molar-refractivity contribution in [3.63, 3.8) is 0 Å². The highest BCUT2D eigenvalue weighted by Gasteiger charge is 2.24. The quantitative estimate of drug-likeness (QED) is 0.747. The van der Waals surface area contributed by atoms with Gasteiger partial charge in [-0.05, 0) is 24.1 Å². The van der Waals surface area contributed by atoms with Gasteiger partial charge >= 0.3 is 0 Å². The van der Waals surface area contributed by atoms with E-state index in [1.807, 2.05) is 17.0 Å². The molecule has 0 aliphatic carbocycles. The Morgan fingerprint density at radius 1 is 1.24 bits per heavy atom. The van der Waals surface area contributed by atoms with Crippen LogP contribution in [0.3, 0.4) is 0 Å². The molecule has 0 atom stereocenters. The number of hydrogen-bond acceptors (Lipinski definition) is 4. The third-order valence-corrected chi connectivity index (χ3v) is 5.22. The van der Waals surface area contributed by atoms with Crippen LogP contribution in [-0.4, -0.2) is 65.7 Å². The van der Waals surface area contributed by atoms with Crippen LogP contribution >= 0.6 is 15.9 Å². The Hall–Kier alpha value is -1.86. The highest BCUT2D eigenvalue weighted by Crippen LogP contribution is 2.15. The second-order valence-electron chi connectivity index (χ2n) is 6.14. The van der Waals surface area contributed by atoms with Crippen LogP contribution in [0.25, 0.3) is 0 Å². The van der Waals surface area contributed by atoms with Crippen molar-refractivity contribution in [3.8, 4) is 5.75 Å². The number of piperazine rings is 1. The molecule has 1 fully saturated rings. The number of benzene rings is 1. The molecular formula is C18H23BrN4O2. The third-order valence-electron chi connectivity index (χ3n) is 4.61. The lowest BCUT2D eigenvalue weighted by Crippen LogP contribution is -2.49. The van der Waals surface area contributed by atoms with E-state index in [0.717, 1.165) is 50.5 Å². The first-order valence-corrected chi connectivity index (χ1v) is 9.56. The van der Waals surface area contributed by atoms with E-state index in [2.05, 4.69) is 43.2 Å². The van der Waals surface area contributed by atoms with Crippen LogP contribution in [0, 0.1) is 0 Å². The fourth-order valence-electron chi connectivity index (χ4n) is 3.01. The number of alkyl halides is 1. The predicted molar refractivity (Wildman–Crippen MR) is 100 cm³/mol. The Labute approximate surface area is 156 Å². The first kappa shape index (κ1) is 17.9. The van der Waals surface area contributed by atoms with Gasteiger partial charge in [-0.25, -0.2) is 0 Å². The van der Waals surface area contributed by atoms with Gasteiger partial charge in [0.05, 0.1) is 13.3 Å². The van der Waals surface area contributed by atoms with Crippen molar-refractivity contribution in [2.24, 2.45) is 0 Å². The molecule has 3 rings (SSSR count). The monoisotopic (exact) mass is 406 g/mol. The van der Waals surface area contributed by atoms with Gasteiger partial charge in [-0.3, -0.25) is 14.8 Å². The van der Waals surface area contributed by atoms with Gasteiger partial charge in [-0.1, -0.05) is 28.1 Å². The van der Waals surface area contributed by atoms with Gasteiger partial charge < -0.3 is 9.64 Å². The van der Waals surface area contributed by atoms with E-state index in [1.54, 1.807) is 13.3 Å². The highest BCUT2D eigenvalue weighted by atomic mass is 79.9. The first-order valence-electron chi connectivity index (χ1n) is 8.44. The zero-order valence-electron chi connectivity index (χ0n) is 14.4. The van der Waals surface area contributed by atoms with Crippen LogP contribution in [0.5, 0.6) is 5.75 Å². The van der Waals surface area contributed by atoms with Crippen molar-refractivity contribution in [1.82, 2.24) is 20.0 Å². The summed E-state index contributed by atoms with van der Waals surface area (Å²) in [6.45, 7) is 4.31. The highest BCUT2D eigenvalue weighted by molar-refractivity contribution is 9.08. The molecule has 134 valence electrons. The lowest BCUT2D eigenvalue weighted by Gasteiger charge is -2.34. The molecule has 0 spiro atoms. The number of nitrogens with zero attached hydrogens (tertiary/aromatic N) is 3. The lowest BCUT2D eigenvalue weighted by molar-refractivity contribution is 0.0632. The molecule has 25 heavy (non-hydrogen) atoms. The molecule has 0 bridgehead atoms. The molecule has 0 unspecified atom stereocenters. The first-order chi connectivity index (χ1) is 12.2. The molecule has 1 saturated heterocycles. The Balaban J connectivity index is 1.47. The van der Waals surface area contributed by atoms with Crippen molar-refractivity contribution < 1.29 is 9.53 Å². The Morgan fingerprint density at radius 3 is 2.60 bits per heavy atom. The molecule has 1 aromatic heterocycles. The van der Waals surface area contributed by atoms with E-state index in [0.29, 0.717) is 11.0 Å². The number of aromatic nitrogens is 2. The van der Waals surface area contributed by atoms with Crippen LogP contribution in [-0.2, 0) is 11.8 Å². The van der Waals surface area contributed by atoms with Gasteiger partial charge in [0.25, 0.3) is 5.91 Å². The summed E-state index contributed by atoms with van der Waals surface area (Å²) in [7, 11) is 1.68. The minimum atomic E-state index is 0.0433. The average Bonchev–Trinajstić information content (AvgIpc) is 3.15. The fraction of sp³-hybridized carbons (Fsp3) is 0.444. The summed E-state index contributed by atoms with van der Waals surface area (Å²) < 4.78 is 5.19. The molecule has 1 aromatic carbocycles. The zero-order valence-corrected chi connectivity index (χ0v) is 16.0. The summed E-state index contributed by atoms with van der Waals surface area (Å²) in [6, 6.07) is 8.22. The Bertz CT molecular complexity index is 693. The third kappa shape index (κ3) is 4.41. The minimum Gasteiger partial charge on any atom is -0.497 e. The number of amides is 1. The van der Waals surface area contributed by atoms with E-state index in [-0.39, 0.29) is 5.91 Å². The normalized spacial score (nSPS) is 15.4. The summed E-state index contributed by atoms with van der Waals surface area (Å²) in [5.41, 5.74) is 2.81. The van der Waals surface area contributed by atoms with E-state index in [4.69, 9.17) is 4.74 Å². The Morgan fingerprint density at radius 2 is 1.96 bits per heavy atom. The molecule has 6 nitrogen and oxygen atoms in total. The second-order valence-corrected chi connectivity index (χ2v) is 6.70. The van der Waals surface area contributed by atoms with Crippen molar-refractivity contribution in [2.75, 3.05) is 39.8 Å². The maximum Gasteiger partial charge on any atom is 0.272 e. The Kier molecular flexibility index (Phi) is 6.09. The number of aromatic amines is 1. The number of rotatable bonds is 6. The van der Waals surface area contributed by atoms with Gasteiger partial charge in [-0.2, -0.15) is 5.10 Å². The molecule has 1 aliphatic rings. The van der Waals surface area contributed by atoms with Crippen LogP contribution in [0.4, 0.5) is 0 Å². The van der Waals surface area contributed by atoms with E-state index in [9.17, 15) is 4.79 Å². The van der Waals surface area contributed by atoms with Crippen LogP contribution in [0.15, 0.2) is 30.5 Å². The smallest absolute Gasteiger partial charge is 0.272 e. The van der Waals surface area contributed by atoms with Gasteiger partial charge in [0.2, 0.25) is 0 Å². The number of carbonyl (C=O) groups excluding carboxylic acids is 1. The number of halogens is 1. The van der Waals surface area contributed by atoms with Gasteiger partial charge in [0, 0.05) is 43.6 Å². The summed E-state index contributed by atoms with van der Waals surface area (Å²) in [5.74, 6) is 0.930. The maximum atomic E-state index is 12.6. The number of ether oxygens (including phenoxy) is 1. The SMILES string of the molecule is COc1ccc(CCN2CCN(C(=O)c3[nH]ncc3CBr)CC2)cc1. The summed E-state index contributed by atoms with van der Waals surface area (Å²) in [4.78, 5) is 16.9. The molecule has 7 heteroatoms. The van der Waals surface area contributed by atoms with E-state index < -0.39 is 0 Å². The molecule has 1 aliphatic heterocycles. The van der Waals surface area contributed by atoms with E-state index >= 15 is 0 Å². The van der Waals surface area contributed by atoms with Gasteiger partial charge in [0.1, 0.15) is 11.4 Å². The molecular weight excluding hydrogens is 384 g/mol. The summed E-state index contributed by atoms with van der Waals surface area (Å²) >= 11 is 3.39. The molecule has 2 aromatic rings.